The van der Waals surface area contributed by atoms with E-state index in [9.17, 15) is 4.79 Å². The van der Waals surface area contributed by atoms with Crippen LogP contribution in [0.3, 0.4) is 0 Å². The number of hydrogen-bond acceptors (Lipinski definition) is 4. The molecule has 0 spiro atoms. The summed E-state index contributed by atoms with van der Waals surface area (Å²) >= 11 is 1.87. The first-order chi connectivity index (χ1) is 7.86. The molecule has 0 fully saturated rings. The third-order valence-electron chi connectivity index (χ3n) is 2.25. The zero-order valence-corrected chi connectivity index (χ0v) is 9.63. The normalized spacial score (nSPS) is 15.1. The summed E-state index contributed by atoms with van der Waals surface area (Å²) in [5, 5.41) is 0. The molecule has 4 heteroatoms. The largest absolute Gasteiger partial charge is 0.362 e. The molecule has 0 atom stereocenters. The Morgan fingerprint density at radius 2 is 2.12 bits per heavy atom. The van der Waals surface area contributed by atoms with Crippen molar-refractivity contribution in [2.75, 3.05) is 11.5 Å². The molecule has 0 radical (unpaired) electrons. The van der Waals surface area contributed by atoms with Gasteiger partial charge in [0.1, 0.15) is 0 Å². The molecule has 0 saturated carbocycles. The summed E-state index contributed by atoms with van der Waals surface area (Å²) in [4.78, 5) is 16.6. The molecular weight excluding hydrogens is 222 g/mol. The predicted molar refractivity (Wildman–Crippen MR) is 65.0 cm³/mol. The van der Waals surface area contributed by atoms with Gasteiger partial charge in [0.05, 0.1) is 5.56 Å². The summed E-state index contributed by atoms with van der Waals surface area (Å²) in [6.07, 6.45) is 2.97. The third-order valence-corrected chi connectivity index (χ3v) is 3.14. The number of benzene rings is 1. The molecule has 16 heavy (non-hydrogen) atoms. The standard InChI is InChI=1S/C12H13NO2S/c14-12(10-4-2-1-3-5-10)15-13-11-6-8-16-9-7-11/h1-6,13H,7-9H2. The maximum atomic E-state index is 11.6. The molecule has 0 aromatic heterocycles. The van der Waals surface area contributed by atoms with Gasteiger partial charge in [-0.15, -0.1) is 0 Å². The maximum absolute atomic E-state index is 11.6. The molecule has 1 aromatic carbocycles. The molecule has 3 nitrogen and oxygen atoms in total. The second kappa shape index (κ2) is 5.61. The van der Waals surface area contributed by atoms with Crippen LogP contribution in [0.25, 0.3) is 0 Å². The molecule has 0 aliphatic carbocycles. The van der Waals surface area contributed by atoms with E-state index in [1.54, 1.807) is 12.1 Å². The quantitative estimate of drug-likeness (QED) is 0.816. The lowest BCUT2D eigenvalue weighted by Crippen LogP contribution is -2.21. The minimum absolute atomic E-state index is 0.347. The van der Waals surface area contributed by atoms with Gasteiger partial charge in [-0.05, 0) is 24.3 Å². The van der Waals surface area contributed by atoms with E-state index in [2.05, 4.69) is 5.48 Å². The van der Waals surface area contributed by atoms with E-state index in [1.807, 2.05) is 36.0 Å². The second-order valence-electron chi connectivity index (χ2n) is 3.41. The molecule has 0 bridgehead atoms. The Balaban J connectivity index is 1.86. The van der Waals surface area contributed by atoms with Gasteiger partial charge in [-0.25, -0.2) is 10.3 Å². The summed E-state index contributed by atoms with van der Waals surface area (Å²) in [5.74, 6) is 1.70. The van der Waals surface area contributed by atoms with E-state index < -0.39 is 0 Å². The first kappa shape index (κ1) is 11.1. The fraction of sp³-hybridized carbons (Fsp3) is 0.250. The van der Waals surface area contributed by atoms with E-state index in [0.29, 0.717) is 5.56 Å². The highest BCUT2D eigenvalue weighted by Crippen LogP contribution is 2.14. The van der Waals surface area contributed by atoms with Crippen molar-refractivity contribution in [2.24, 2.45) is 0 Å². The number of hydrogen-bond donors (Lipinski definition) is 1. The van der Waals surface area contributed by atoms with E-state index in [0.717, 1.165) is 23.6 Å². The SMILES string of the molecule is O=C(ONC1=CCSCC1)c1ccccc1. The Morgan fingerprint density at radius 3 is 2.81 bits per heavy atom. The molecule has 0 saturated heterocycles. The van der Waals surface area contributed by atoms with Crippen LogP contribution in [-0.2, 0) is 4.84 Å². The van der Waals surface area contributed by atoms with Gasteiger partial charge in [-0.1, -0.05) is 24.3 Å². The molecule has 84 valence electrons. The van der Waals surface area contributed by atoms with Gasteiger partial charge in [0.15, 0.2) is 0 Å². The van der Waals surface area contributed by atoms with Crippen LogP contribution in [0, 0.1) is 0 Å². The minimum atomic E-state index is -0.347. The molecular formula is C12H13NO2S. The first-order valence-corrected chi connectivity index (χ1v) is 6.31. The van der Waals surface area contributed by atoms with Gasteiger partial charge in [0.2, 0.25) is 0 Å². The van der Waals surface area contributed by atoms with Crippen molar-refractivity contribution < 1.29 is 9.63 Å². The van der Waals surface area contributed by atoms with Crippen molar-refractivity contribution in [1.29, 1.82) is 0 Å². The summed E-state index contributed by atoms with van der Waals surface area (Å²) in [5.41, 5.74) is 4.26. The lowest BCUT2D eigenvalue weighted by molar-refractivity contribution is 0.0318. The first-order valence-electron chi connectivity index (χ1n) is 5.15. The van der Waals surface area contributed by atoms with E-state index in [1.165, 1.54) is 0 Å². The van der Waals surface area contributed by atoms with Crippen LogP contribution in [0.1, 0.15) is 16.8 Å². The zero-order valence-electron chi connectivity index (χ0n) is 8.81. The number of nitrogens with one attached hydrogen (secondary N) is 1. The Labute approximate surface area is 98.8 Å². The van der Waals surface area contributed by atoms with E-state index >= 15 is 0 Å². The van der Waals surface area contributed by atoms with Crippen LogP contribution in [0.4, 0.5) is 0 Å². The summed E-state index contributed by atoms with van der Waals surface area (Å²) in [7, 11) is 0. The van der Waals surface area contributed by atoms with Crippen molar-refractivity contribution in [3.05, 3.63) is 47.7 Å². The number of rotatable bonds is 3. The second-order valence-corrected chi connectivity index (χ2v) is 4.56. The van der Waals surface area contributed by atoms with Gasteiger partial charge in [-0.2, -0.15) is 11.8 Å². The topological polar surface area (TPSA) is 38.3 Å². The van der Waals surface area contributed by atoms with Crippen LogP contribution in [0.5, 0.6) is 0 Å². The lowest BCUT2D eigenvalue weighted by Gasteiger charge is -2.13. The van der Waals surface area contributed by atoms with Gasteiger partial charge in [-0.3, -0.25) is 0 Å². The maximum Gasteiger partial charge on any atom is 0.362 e. The number of carbonyl (C=O) groups is 1. The smallest absolute Gasteiger partial charge is 0.338 e. The molecule has 2 rings (SSSR count). The highest BCUT2D eigenvalue weighted by Gasteiger charge is 2.08. The van der Waals surface area contributed by atoms with Crippen molar-refractivity contribution >= 4 is 17.7 Å². The summed E-state index contributed by atoms with van der Waals surface area (Å²) in [6.45, 7) is 0. The molecule has 0 unspecified atom stereocenters. The highest BCUT2D eigenvalue weighted by atomic mass is 32.2. The molecule has 1 aliphatic rings. The van der Waals surface area contributed by atoms with E-state index in [4.69, 9.17) is 4.84 Å². The Hall–Kier alpha value is -1.42. The van der Waals surface area contributed by atoms with Crippen molar-refractivity contribution in [3.63, 3.8) is 0 Å². The van der Waals surface area contributed by atoms with Crippen LogP contribution < -0.4 is 5.48 Å². The summed E-state index contributed by atoms with van der Waals surface area (Å²) in [6, 6.07) is 8.95. The number of carbonyl (C=O) groups excluding carboxylic acids is 1. The van der Waals surface area contributed by atoms with Crippen molar-refractivity contribution in [3.8, 4) is 0 Å². The highest BCUT2D eigenvalue weighted by molar-refractivity contribution is 7.99. The Kier molecular flexibility index (Phi) is 3.88. The number of hydroxylamine groups is 1. The van der Waals surface area contributed by atoms with Crippen LogP contribution >= 0.6 is 11.8 Å². The van der Waals surface area contributed by atoms with Crippen LogP contribution in [-0.4, -0.2) is 17.5 Å². The predicted octanol–water partition coefficient (Wildman–Crippen LogP) is 2.37. The lowest BCUT2D eigenvalue weighted by atomic mass is 10.2. The average Bonchev–Trinajstić information content (AvgIpc) is 2.38. The molecule has 1 N–H and O–H groups in total. The third kappa shape index (κ3) is 3.03. The summed E-state index contributed by atoms with van der Waals surface area (Å²) < 4.78 is 0. The molecule has 1 aromatic rings. The Bertz CT molecular complexity index is 389. The monoisotopic (exact) mass is 235 g/mol. The fourth-order valence-electron chi connectivity index (χ4n) is 1.36. The molecule has 1 heterocycles. The van der Waals surface area contributed by atoms with Crippen LogP contribution in [0.15, 0.2) is 42.1 Å². The fourth-order valence-corrected chi connectivity index (χ4v) is 2.21. The van der Waals surface area contributed by atoms with E-state index in [-0.39, 0.29) is 5.97 Å². The number of thioether (sulfide) groups is 1. The minimum Gasteiger partial charge on any atom is -0.338 e. The molecule has 0 amide bonds. The van der Waals surface area contributed by atoms with Gasteiger partial charge >= 0.3 is 5.97 Å². The van der Waals surface area contributed by atoms with Gasteiger partial charge in [0, 0.05) is 11.4 Å². The average molecular weight is 235 g/mol. The number of allylic oxidation sites excluding steroid dienone is 1. The zero-order chi connectivity index (χ0) is 11.2. The van der Waals surface area contributed by atoms with Crippen molar-refractivity contribution in [2.45, 2.75) is 6.42 Å². The van der Waals surface area contributed by atoms with Gasteiger partial charge in [0.25, 0.3) is 0 Å². The Morgan fingerprint density at radius 1 is 1.31 bits per heavy atom. The van der Waals surface area contributed by atoms with Crippen molar-refractivity contribution in [1.82, 2.24) is 5.48 Å². The van der Waals surface area contributed by atoms with Gasteiger partial charge < -0.3 is 4.84 Å². The van der Waals surface area contributed by atoms with Crippen LogP contribution in [0.2, 0.25) is 0 Å². The molecule has 1 aliphatic heterocycles.